The van der Waals surface area contributed by atoms with E-state index in [1.807, 2.05) is 17.0 Å². The van der Waals surface area contributed by atoms with Crippen molar-refractivity contribution in [3.63, 3.8) is 0 Å². The van der Waals surface area contributed by atoms with Gasteiger partial charge in [-0.25, -0.2) is 9.59 Å². The van der Waals surface area contributed by atoms with Crippen LogP contribution in [0, 0.1) is 0 Å². The molecule has 0 saturated carbocycles. The number of aromatic nitrogens is 2. The summed E-state index contributed by atoms with van der Waals surface area (Å²) in [7, 11) is 2.05. The zero-order valence-electron chi connectivity index (χ0n) is 26.3. The Kier molecular flexibility index (Phi) is 11.8. The molecule has 2 atom stereocenters. The zero-order chi connectivity index (χ0) is 34.8. The summed E-state index contributed by atoms with van der Waals surface area (Å²) in [5.74, 6) is -5.76. The van der Waals surface area contributed by atoms with Crippen LogP contribution in [0.5, 0.6) is 0 Å². The van der Waals surface area contributed by atoms with Gasteiger partial charge in [0.1, 0.15) is 12.6 Å². The van der Waals surface area contributed by atoms with Crippen LogP contribution in [0.1, 0.15) is 23.2 Å². The summed E-state index contributed by atoms with van der Waals surface area (Å²) in [6, 6.07) is 3.05. The number of anilines is 1. The number of amides is 4. The lowest BCUT2D eigenvalue weighted by Crippen LogP contribution is -2.64. The van der Waals surface area contributed by atoms with Gasteiger partial charge in [0.2, 0.25) is 11.8 Å². The molecule has 2 aliphatic rings. The Morgan fingerprint density at radius 2 is 1.65 bits per heavy atom. The Balaban J connectivity index is 1.64. The molecule has 0 aromatic carbocycles. The molecule has 0 bridgehead atoms. The number of rotatable bonds is 10. The number of pyridine rings is 2. The van der Waals surface area contributed by atoms with Crippen molar-refractivity contribution in [2.75, 3.05) is 64.9 Å². The molecule has 2 saturated heterocycles. The van der Waals surface area contributed by atoms with Crippen LogP contribution in [-0.2, 0) is 38.3 Å². The monoisotopic (exact) mass is 669 g/mol. The molecule has 4 heterocycles. The highest BCUT2D eigenvalue weighted by Gasteiger charge is 2.46. The number of carboxylic acid groups (broad SMARTS) is 1. The highest BCUT2D eigenvalue weighted by Crippen LogP contribution is 2.23. The maximum absolute atomic E-state index is 14.3. The van der Waals surface area contributed by atoms with E-state index in [2.05, 4.69) is 9.97 Å². The summed E-state index contributed by atoms with van der Waals surface area (Å²) >= 11 is 0. The van der Waals surface area contributed by atoms with Gasteiger partial charge < -0.3 is 39.0 Å². The fourth-order valence-electron chi connectivity index (χ4n) is 5.33. The normalized spacial score (nSPS) is 16.9. The van der Waals surface area contributed by atoms with Crippen LogP contribution in [0.25, 0.3) is 0 Å². The van der Waals surface area contributed by atoms with Gasteiger partial charge in [-0.05, 0) is 24.3 Å². The molecule has 0 spiro atoms. The zero-order valence-corrected chi connectivity index (χ0v) is 26.3. The second-order valence-corrected chi connectivity index (χ2v) is 10.7. The van der Waals surface area contributed by atoms with E-state index in [0.717, 1.165) is 35.9 Å². The Hall–Kier alpha value is -5.81. The number of carbonyl (C=O) groups is 7. The highest BCUT2D eigenvalue weighted by atomic mass is 16.8. The van der Waals surface area contributed by atoms with E-state index in [0.29, 0.717) is 18.2 Å². The Bertz CT molecular complexity index is 1500. The predicted molar refractivity (Wildman–Crippen MR) is 162 cm³/mol. The van der Waals surface area contributed by atoms with Crippen LogP contribution in [0.15, 0.2) is 49.1 Å². The van der Waals surface area contributed by atoms with Gasteiger partial charge >= 0.3 is 24.0 Å². The van der Waals surface area contributed by atoms with Gasteiger partial charge in [0.05, 0.1) is 32.6 Å². The lowest BCUT2D eigenvalue weighted by atomic mass is 10.0. The molecule has 0 radical (unpaired) electrons. The van der Waals surface area contributed by atoms with Crippen molar-refractivity contribution in [3.05, 3.63) is 54.6 Å². The standard InChI is InChI=1S/C30H35N7O11/c1-46-26(41)17-22-27(42)35(19-25(39)40)14-15-36(22)28(43)23(37(30(45)47-2)48-29(44)20-4-3-7-32-18-20)16-24(38)34-12-10-33(11-13-34)21-5-8-31-9-6-21/h3-9,18,22-23H,10-17,19H2,1-2H3,(H,39,40). The lowest BCUT2D eigenvalue weighted by molar-refractivity contribution is -0.170. The summed E-state index contributed by atoms with van der Waals surface area (Å²) in [5, 5.41) is 9.60. The number of ether oxygens (including phenoxy) is 2. The Morgan fingerprint density at radius 1 is 0.938 bits per heavy atom. The predicted octanol–water partition coefficient (Wildman–Crippen LogP) is -0.589. The molecule has 4 rings (SSSR count). The van der Waals surface area contributed by atoms with Crippen LogP contribution >= 0.6 is 0 Å². The number of carboxylic acids is 1. The second-order valence-electron chi connectivity index (χ2n) is 10.7. The van der Waals surface area contributed by atoms with Crippen LogP contribution in [-0.4, -0.2) is 149 Å². The smallest absolute Gasteiger partial charge is 0.443 e. The molecule has 4 amide bonds. The molecule has 1 N–H and O–H groups in total. The minimum atomic E-state index is -1.86. The molecule has 2 aromatic heterocycles. The van der Waals surface area contributed by atoms with Gasteiger partial charge in [-0.1, -0.05) is 0 Å². The number of piperazine rings is 2. The number of methoxy groups -OCH3 is 2. The number of esters is 1. The number of hydrogen-bond acceptors (Lipinski definition) is 13. The van der Waals surface area contributed by atoms with Crippen molar-refractivity contribution >= 4 is 47.4 Å². The van der Waals surface area contributed by atoms with Gasteiger partial charge in [-0.3, -0.25) is 33.9 Å². The molecule has 2 aliphatic heterocycles. The SMILES string of the molecule is COC(=O)CC1C(=O)N(CC(=O)O)CCN1C(=O)C(CC(=O)N1CCN(c2ccncc2)CC1)N(OC(=O)c1cccnc1)C(=O)OC. The van der Waals surface area contributed by atoms with Crippen molar-refractivity contribution in [2.45, 2.75) is 24.9 Å². The van der Waals surface area contributed by atoms with Crippen molar-refractivity contribution in [2.24, 2.45) is 0 Å². The van der Waals surface area contributed by atoms with Crippen molar-refractivity contribution in [3.8, 4) is 0 Å². The third-order valence-corrected chi connectivity index (χ3v) is 7.81. The first kappa shape index (κ1) is 35.1. The summed E-state index contributed by atoms with van der Waals surface area (Å²) in [6.45, 7) is 0.210. The van der Waals surface area contributed by atoms with Gasteiger partial charge in [0.25, 0.3) is 5.91 Å². The molecule has 2 aromatic rings. The van der Waals surface area contributed by atoms with Gasteiger partial charge in [-0.15, -0.1) is 5.06 Å². The molecule has 0 aliphatic carbocycles. The fourth-order valence-corrected chi connectivity index (χ4v) is 5.33. The van der Waals surface area contributed by atoms with E-state index in [4.69, 9.17) is 14.3 Å². The Labute approximate surface area is 274 Å². The quantitative estimate of drug-likeness (QED) is 0.248. The highest BCUT2D eigenvalue weighted by molar-refractivity contribution is 5.97. The molecule has 256 valence electrons. The molecular formula is C30H35N7O11. The minimum Gasteiger partial charge on any atom is -0.480 e. The van der Waals surface area contributed by atoms with Crippen LogP contribution in [0.2, 0.25) is 0 Å². The summed E-state index contributed by atoms with van der Waals surface area (Å²) < 4.78 is 9.52. The average molecular weight is 670 g/mol. The van der Waals surface area contributed by atoms with Crippen molar-refractivity contribution in [1.82, 2.24) is 29.7 Å². The number of aliphatic carboxylic acids is 1. The first-order valence-corrected chi connectivity index (χ1v) is 14.8. The summed E-state index contributed by atoms with van der Waals surface area (Å²) in [6.07, 6.45) is 3.21. The van der Waals surface area contributed by atoms with E-state index < -0.39 is 73.2 Å². The molecule has 2 unspecified atom stereocenters. The first-order valence-electron chi connectivity index (χ1n) is 14.8. The molecule has 48 heavy (non-hydrogen) atoms. The van der Waals surface area contributed by atoms with Crippen molar-refractivity contribution in [1.29, 1.82) is 0 Å². The van der Waals surface area contributed by atoms with E-state index in [9.17, 15) is 38.7 Å². The largest absolute Gasteiger partial charge is 0.480 e. The number of hydrogen-bond donors (Lipinski definition) is 1. The third-order valence-electron chi connectivity index (χ3n) is 7.81. The van der Waals surface area contributed by atoms with E-state index in [1.54, 1.807) is 12.4 Å². The van der Waals surface area contributed by atoms with Crippen LogP contribution in [0.4, 0.5) is 10.5 Å². The van der Waals surface area contributed by atoms with Gasteiger partial charge in [-0.2, -0.15) is 0 Å². The second kappa shape index (κ2) is 16.1. The fraction of sp³-hybridized carbons (Fsp3) is 0.433. The summed E-state index contributed by atoms with van der Waals surface area (Å²) in [4.78, 5) is 110. The molecule has 18 heteroatoms. The van der Waals surface area contributed by atoms with E-state index >= 15 is 0 Å². The molecular weight excluding hydrogens is 634 g/mol. The number of hydroxylamine groups is 2. The van der Waals surface area contributed by atoms with E-state index in [-0.39, 0.29) is 31.7 Å². The number of nitrogens with zero attached hydrogens (tertiary/aromatic N) is 7. The average Bonchev–Trinajstić information content (AvgIpc) is 3.11. The van der Waals surface area contributed by atoms with Crippen LogP contribution in [0.3, 0.4) is 0 Å². The maximum Gasteiger partial charge on any atom is 0.443 e. The molecule has 18 nitrogen and oxygen atoms in total. The van der Waals surface area contributed by atoms with Crippen LogP contribution < -0.4 is 4.90 Å². The minimum absolute atomic E-state index is 0.0859. The topological polar surface area (TPSA) is 209 Å². The third kappa shape index (κ3) is 8.51. The number of carbonyl (C=O) groups excluding carboxylic acids is 6. The lowest BCUT2D eigenvalue weighted by Gasteiger charge is -2.42. The molecule has 2 fully saturated rings. The first-order chi connectivity index (χ1) is 23.0. The van der Waals surface area contributed by atoms with Crippen molar-refractivity contribution < 1.29 is 53.0 Å². The summed E-state index contributed by atoms with van der Waals surface area (Å²) in [5.41, 5.74) is 0.824. The van der Waals surface area contributed by atoms with Gasteiger partial charge in [0.15, 0.2) is 6.04 Å². The maximum atomic E-state index is 14.3. The van der Waals surface area contributed by atoms with E-state index in [1.165, 1.54) is 23.2 Å². The van der Waals surface area contributed by atoms with Gasteiger partial charge in [0, 0.05) is 69.7 Å². The Morgan fingerprint density at radius 3 is 2.25 bits per heavy atom.